The number of nitrogens with one attached hydrogen (secondary N) is 2. The zero-order valence-corrected chi connectivity index (χ0v) is 13.0. The maximum Gasteiger partial charge on any atom is 0.239 e. The van der Waals surface area contributed by atoms with Gasteiger partial charge in [-0.2, -0.15) is 0 Å². The number of hydrogen-bond donors (Lipinski definition) is 2. The van der Waals surface area contributed by atoms with Crippen molar-refractivity contribution >= 4 is 35.1 Å². The molecular formula is C14H15ClN4OS. The van der Waals surface area contributed by atoms with E-state index in [0.29, 0.717) is 22.7 Å². The zero-order chi connectivity index (χ0) is 15.1. The zero-order valence-electron chi connectivity index (χ0n) is 11.5. The fourth-order valence-corrected chi connectivity index (χ4v) is 2.22. The monoisotopic (exact) mass is 322 g/mol. The van der Waals surface area contributed by atoms with E-state index in [2.05, 4.69) is 20.6 Å². The third kappa shape index (κ3) is 5.24. The summed E-state index contributed by atoms with van der Waals surface area (Å²) in [6.45, 7) is 0.635. The average molecular weight is 323 g/mol. The van der Waals surface area contributed by atoms with Crippen molar-refractivity contribution in [3.8, 4) is 0 Å². The summed E-state index contributed by atoms with van der Waals surface area (Å²) in [5, 5.41) is 6.68. The predicted octanol–water partition coefficient (Wildman–Crippen LogP) is 2.58. The molecule has 0 aliphatic carbocycles. The summed E-state index contributed by atoms with van der Waals surface area (Å²) in [6, 6.07) is 11.3. The smallest absolute Gasteiger partial charge is 0.239 e. The molecule has 0 radical (unpaired) electrons. The highest BCUT2D eigenvalue weighted by Gasteiger charge is 2.05. The van der Waals surface area contributed by atoms with Crippen LogP contribution in [0, 0.1) is 0 Å². The SMILES string of the molecule is CSc1nc(Cl)cc(NCC(=O)NCc2ccccc2)n1. The lowest BCUT2D eigenvalue weighted by atomic mass is 10.2. The van der Waals surface area contributed by atoms with Crippen molar-refractivity contribution in [1.29, 1.82) is 0 Å². The van der Waals surface area contributed by atoms with Gasteiger partial charge < -0.3 is 10.6 Å². The Hall–Kier alpha value is -1.79. The van der Waals surface area contributed by atoms with E-state index in [9.17, 15) is 4.79 Å². The van der Waals surface area contributed by atoms with E-state index >= 15 is 0 Å². The Labute approximate surface area is 132 Å². The lowest BCUT2D eigenvalue weighted by molar-refractivity contribution is -0.119. The third-order valence-corrected chi connectivity index (χ3v) is 3.36. The number of anilines is 1. The summed E-state index contributed by atoms with van der Waals surface area (Å²) in [4.78, 5) is 20.0. The number of nitrogens with zero attached hydrogens (tertiary/aromatic N) is 2. The van der Waals surface area contributed by atoms with Gasteiger partial charge in [0.05, 0.1) is 6.54 Å². The number of rotatable bonds is 6. The molecule has 1 aromatic heterocycles. The van der Waals surface area contributed by atoms with E-state index in [1.54, 1.807) is 6.07 Å². The summed E-state index contributed by atoms with van der Waals surface area (Å²) < 4.78 is 0. The second-order valence-corrected chi connectivity index (χ2v) is 5.34. The van der Waals surface area contributed by atoms with Crippen molar-refractivity contribution in [2.75, 3.05) is 18.1 Å². The van der Waals surface area contributed by atoms with E-state index < -0.39 is 0 Å². The fourth-order valence-electron chi connectivity index (χ4n) is 1.61. The second kappa shape index (κ2) is 7.85. The number of benzene rings is 1. The third-order valence-electron chi connectivity index (χ3n) is 2.62. The number of carbonyl (C=O) groups is 1. The van der Waals surface area contributed by atoms with Crippen molar-refractivity contribution in [3.63, 3.8) is 0 Å². The van der Waals surface area contributed by atoms with Crippen molar-refractivity contribution in [2.45, 2.75) is 11.7 Å². The van der Waals surface area contributed by atoms with Crippen LogP contribution in [-0.2, 0) is 11.3 Å². The van der Waals surface area contributed by atoms with Crippen LogP contribution < -0.4 is 10.6 Å². The molecule has 0 bridgehead atoms. The highest BCUT2D eigenvalue weighted by atomic mass is 35.5. The van der Waals surface area contributed by atoms with Crippen LogP contribution >= 0.6 is 23.4 Å². The van der Waals surface area contributed by atoms with Crippen LogP contribution in [0.2, 0.25) is 5.15 Å². The number of aromatic nitrogens is 2. The molecule has 0 saturated heterocycles. The van der Waals surface area contributed by atoms with E-state index in [1.807, 2.05) is 36.6 Å². The summed E-state index contributed by atoms with van der Waals surface area (Å²) in [5.41, 5.74) is 1.06. The molecule has 2 N–H and O–H groups in total. The Kier molecular flexibility index (Phi) is 5.83. The van der Waals surface area contributed by atoms with Crippen molar-refractivity contribution in [3.05, 3.63) is 47.1 Å². The predicted molar refractivity (Wildman–Crippen MR) is 85.6 cm³/mol. The van der Waals surface area contributed by atoms with Gasteiger partial charge in [0.2, 0.25) is 5.91 Å². The minimum atomic E-state index is -0.112. The topological polar surface area (TPSA) is 66.9 Å². The highest BCUT2D eigenvalue weighted by Crippen LogP contribution is 2.16. The molecule has 1 aromatic carbocycles. The van der Waals surface area contributed by atoms with Crippen molar-refractivity contribution in [2.24, 2.45) is 0 Å². The number of halogens is 1. The number of hydrogen-bond acceptors (Lipinski definition) is 5. The summed E-state index contributed by atoms with van der Waals surface area (Å²) in [5.74, 6) is 0.425. The van der Waals surface area contributed by atoms with Gasteiger partial charge in [-0.15, -0.1) is 0 Å². The van der Waals surface area contributed by atoms with Crippen molar-refractivity contribution in [1.82, 2.24) is 15.3 Å². The molecule has 0 fully saturated rings. The molecule has 21 heavy (non-hydrogen) atoms. The van der Waals surface area contributed by atoms with Crippen molar-refractivity contribution < 1.29 is 4.79 Å². The van der Waals surface area contributed by atoms with Crippen LogP contribution in [0.4, 0.5) is 5.82 Å². The van der Waals surface area contributed by atoms with Crippen LogP contribution in [0.25, 0.3) is 0 Å². The first-order valence-electron chi connectivity index (χ1n) is 6.30. The number of amides is 1. The second-order valence-electron chi connectivity index (χ2n) is 4.18. The van der Waals surface area contributed by atoms with E-state index in [-0.39, 0.29) is 12.5 Å². The molecule has 2 rings (SSSR count). The maximum atomic E-state index is 11.8. The molecule has 1 heterocycles. The molecule has 0 unspecified atom stereocenters. The van der Waals surface area contributed by atoms with Crippen LogP contribution in [0.1, 0.15) is 5.56 Å². The Morgan fingerprint density at radius 1 is 1.29 bits per heavy atom. The van der Waals surface area contributed by atoms with E-state index in [1.165, 1.54) is 11.8 Å². The van der Waals surface area contributed by atoms with Gasteiger partial charge in [-0.05, 0) is 11.8 Å². The van der Waals surface area contributed by atoms with Gasteiger partial charge in [0, 0.05) is 12.6 Å². The van der Waals surface area contributed by atoms with Gasteiger partial charge >= 0.3 is 0 Å². The highest BCUT2D eigenvalue weighted by molar-refractivity contribution is 7.98. The molecule has 0 aliphatic heterocycles. The summed E-state index contributed by atoms with van der Waals surface area (Å²) >= 11 is 7.27. The van der Waals surface area contributed by atoms with E-state index in [0.717, 1.165) is 5.56 Å². The number of carbonyl (C=O) groups excluding carboxylic acids is 1. The molecule has 0 spiro atoms. The van der Waals surface area contributed by atoms with Crippen LogP contribution in [0.5, 0.6) is 0 Å². The van der Waals surface area contributed by atoms with Crippen LogP contribution in [-0.4, -0.2) is 28.7 Å². The normalized spacial score (nSPS) is 10.2. The lowest BCUT2D eigenvalue weighted by Gasteiger charge is -2.08. The number of thioether (sulfide) groups is 1. The van der Waals surface area contributed by atoms with Crippen LogP contribution in [0.3, 0.4) is 0 Å². The molecule has 2 aromatic rings. The molecule has 0 saturated carbocycles. The van der Waals surface area contributed by atoms with Gasteiger partial charge in [0.25, 0.3) is 0 Å². The Morgan fingerprint density at radius 2 is 2.05 bits per heavy atom. The lowest BCUT2D eigenvalue weighted by Crippen LogP contribution is -2.29. The molecule has 0 atom stereocenters. The summed E-state index contributed by atoms with van der Waals surface area (Å²) in [6.07, 6.45) is 1.86. The maximum absolute atomic E-state index is 11.8. The minimum Gasteiger partial charge on any atom is -0.361 e. The van der Waals surface area contributed by atoms with E-state index in [4.69, 9.17) is 11.6 Å². The Balaban J connectivity index is 1.82. The van der Waals surface area contributed by atoms with Gasteiger partial charge in [-0.3, -0.25) is 4.79 Å². The molecule has 110 valence electrons. The summed E-state index contributed by atoms with van der Waals surface area (Å²) in [7, 11) is 0. The Bertz CT molecular complexity index is 609. The Morgan fingerprint density at radius 3 is 2.76 bits per heavy atom. The van der Waals surface area contributed by atoms with Gasteiger partial charge in [0.1, 0.15) is 11.0 Å². The minimum absolute atomic E-state index is 0.112. The first kappa shape index (κ1) is 15.6. The molecule has 0 aliphatic rings. The molecule has 7 heteroatoms. The molecule has 1 amide bonds. The first-order chi connectivity index (χ1) is 10.2. The first-order valence-corrected chi connectivity index (χ1v) is 7.90. The van der Waals surface area contributed by atoms with Crippen LogP contribution in [0.15, 0.2) is 41.6 Å². The quantitative estimate of drug-likeness (QED) is 0.486. The molecule has 5 nitrogen and oxygen atoms in total. The largest absolute Gasteiger partial charge is 0.361 e. The average Bonchev–Trinajstić information content (AvgIpc) is 2.51. The van der Waals surface area contributed by atoms with Gasteiger partial charge in [0.15, 0.2) is 5.16 Å². The fraction of sp³-hybridized carbons (Fsp3) is 0.214. The van der Waals surface area contributed by atoms with Gasteiger partial charge in [-0.25, -0.2) is 9.97 Å². The standard InChI is InChI=1S/C14H15ClN4OS/c1-21-14-18-11(15)7-12(19-14)16-9-13(20)17-8-10-5-3-2-4-6-10/h2-7H,8-9H2,1H3,(H,17,20)(H,16,18,19). The van der Waals surface area contributed by atoms with Gasteiger partial charge in [-0.1, -0.05) is 53.7 Å². The molecular weight excluding hydrogens is 308 g/mol.